The highest BCUT2D eigenvalue weighted by Gasteiger charge is 2.32. The zero-order chi connectivity index (χ0) is 15.0. The molecule has 3 rings (SSSR count). The molecule has 1 fully saturated rings. The van der Waals surface area contributed by atoms with E-state index in [0.29, 0.717) is 5.82 Å². The molecule has 2 aromatic heterocycles. The molecule has 2 aromatic rings. The summed E-state index contributed by atoms with van der Waals surface area (Å²) in [4.78, 5) is 5.86. The Morgan fingerprint density at radius 2 is 2.05 bits per heavy atom. The van der Waals surface area contributed by atoms with Crippen molar-refractivity contribution in [3.8, 4) is 0 Å². The number of hydrogen-bond acceptors (Lipinski definition) is 6. The van der Waals surface area contributed by atoms with Crippen molar-refractivity contribution in [1.82, 2.24) is 15.2 Å². The first-order valence-electron chi connectivity index (χ1n) is 6.26. The molecule has 0 amide bonds. The predicted molar refractivity (Wildman–Crippen MR) is 73.5 cm³/mol. The van der Waals surface area contributed by atoms with Crippen LogP contribution in [0.5, 0.6) is 0 Å². The molecular formula is C12H12F3N5S. The Balaban J connectivity index is 1.55. The molecule has 0 radical (unpaired) electrons. The Hall–Kier alpha value is -1.90. The fourth-order valence-electron chi connectivity index (χ4n) is 2.00. The van der Waals surface area contributed by atoms with Gasteiger partial charge in [0, 0.05) is 19.3 Å². The van der Waals surface area contributed by atoms with Gasteiger partial charge in [-0.3, -0.25) is 0 Å². The molecule has 0 spiro atoms. The van der Waals surface area contributed by atoms with Crippen molar-refractivity contribution >= 4 is 22.3 Å². The minimum atomic E-state index is -4.35. The SMILES string of the molecule is Cc1nnc(N2CC(Nc3ccc(C(F)(F)F)cn3)C2)s1. The van der Waals surface area contributed by atoms with Crippen molar-refractivity contribution < 1.29 is 13.2 Å². The number of hydrogen-bond donors (Lipinski definition) is 1. The molecule has 21 heavy (non-hydrogen) atoms. The number of pyridine rings is 1. The first-order valence-corrected chi connectivity index (χ1v) is 7.08. The quantitative estimate of drug-likeness (QED) is 0.943. The summed E-state index contributed by atoms with van der Waals surface area (Å²) in [6, 6.07) is 2.53. The van der Waals surface area contributed by atoms with Gasteiger partial charge in [-0.2, -0.15) is 13.2 Å². The lowest BCUT2D eigenvalue weighted by Gasteiger charge is -2.39. The maximum absolute atomic E-state index is 12.4. The van der Waals surface area contributed by atoms with Crippen LogP contribution < -0.4 is 10.2 Å². The van der Waals surface area contributed by atoms with E-state index >= 15 is 0 Å². The lowest BCUT2D eigenvalue weighted by Crippen LogP contribution is -2.55. The largest absolute Gasteiger partial charge is 0.417 e. The predicted octanol–water partition coefficient (Wildman–Crippen LogP) is 2.56. The van der Waals surface area contributed by atoms with Crippen LogP contribution in [0.25, 0.3) is 0 Å². The maximum atomic E-state index is 12.4. The molecule has 0 unspecified atom stereocenters. The van der Waals surface area contributed by atoms with Crippen LogP contribution in [0.2, 0.25) is 0 Å². The van der Waals surface area contributed by atoms with E-state index in [1.54, 1.807) is 0 Å². The van der Waals surface area contributed by atoms with E-state index in [-0.39, 0.29) is 6.04 Å². The third kappa shape index (κ3) is 3.07. The van der Waals surface area contributed by atoms with Crippen LogP contribution in [0.4, 0.5) is 24.1 Å². The van der Waals surface area contributed by atoms with Gasteiger partial charge in [-0.05, 0) is 19.1 Å². The van der Waals surface area contributed by atoms with Gasteiger partial charge in [-0.25, -0.2) is 4.98 Å². The molecule has 3 heterocycles. The molecule has 112 valence electrons. The van der Waals surface area contributed by atoms with Crippen molar-refractivity contribution in [3.63, 3.8) is 0 Å². The highest BCUT2D eigenvalue weighted by Crippen LogP contribution is 2.29. The summed E-state index contributed by atoms with van der Waals surface area (Å²) in [5.74, 6) is 0.445. The van der Waals surface area contributed by atoms with Crippen LogP contribution in [0.3, 0.4) is 0 Å². The summed E-state index contributed by atoms with van der Waals surface area (Å²) in [5, 5.41) is 12.9. The smallest absolute Gasteiger partial charge is 0.364 e. The zero-order valence-electron chi connectivity index (χ0n) is 11.1. The van der Waals surface area contributed by atoms with Crippen LogP contribution in [0.15, 0.2) is 18.3 Å². The van der Waals surface area contributed by atoms with Crippen LogP contribution in [0.1, 0.15) is 10.6 Å². The van der Waals surface area contributed by atoms with Gasteiger partial charge in [-0.15, -0.1) is 10.2 Å². The number of aryl methyl sites for hydroxylation is 1. The number of nitrogens with zero attached hydrogens (tertiary/aromatic N) is 4. The van der Waals surface area contributed by atoms with Crippen LogP contribution >= 0.6 is 11.3 Å². The van der Waals surface area contributed by atoms with E-state index in [1.807, 2.05) is 6.92 Å². The van der Waals surface area contributed by atoms with E-state index in [9.17, 15) is 13.2 Å². The zero-order valence-corrected chi connectivity index (χ0v) is 11.9. The molecule has 1 saturated heterocycles. The Bertz CT molecular complexity index is 619. The summed E-state index contributed by atoms with van der Waals surface area (Å²) >= 11 is 1.52. The van der Waals surface area contributed by atoms with Crippen LogP contribution in [0, 0.1) is 6.92 Å². The third-order valence-corrected chi connectivity index (χ3v) is 4.01. The Morgan fingerprint density at radius 3 is 2.57 bits per heavy atom. The second-order valence-electron chi connectivity index (χ2n) is 4.78. The average molecular weight is 315 g/mol. The minimum absolute atomic E-state index is 0.151. The third-order valence-electron chi connectivity index (χ3n) is 3.11. The molecule has 1 aliphatic rings. The molecule has 9 heteroatoms. The van der Waals surface area contributed by atoms with Gasteiger partial charge in [-0.1, -0.05) is 11.3 Å². The standard InChI is InChI=1S/C12H12F3N5S/c1-7-18-19-11(21-7)20-5-9(6-20)17-10-3-2-8(4-16-10)12(13,14)15/h2-4,9H,5-6H2,1H3,(H,16,17). The van der Waals surface area contributed by atoms with Crippen molar-refractivity contribution in [3.05, 3.63) is 28.9 Å². The van der Waals surface area contributed by atoms with Gasteiger partial charge in [0.15, 0.2) is 0 Å². The number of anilines is 2. The van der Waals surface area contributed by atoms with E-state index in [0.717, 1.165) is 35.5 Å². The number of alkyl halides is 3. The van der Waals surface area contributed by atoms with Crippen molar-refractivity contribution in [1.29, 1.82) is 0 Å². The van der Waals surface area contributed by atoms with Crippen LogP contribution in [-0.2, 0) is 6.18 Å². The van der Waals surface area contributed by atoms with E-state index < -0.39 is 11.7 Å². The van der Waals surface area contributed by atoms with Gasteiger partial charge < -0.3 is 10.2 Å². The number of nitrogens with one attached hydrogen (secondary N) is 1. The Kier molecular flexibility index (Phi) is 3.44. The Labute approximate surface area is 122 Å². The molecule has 0 aromatic carbocycles. The molecule has 0 saturated carbocycles. The highest BCUT2D eigenvalue weighted by molar-refractivity contribution is 7.15. The molecule has 1 aliphatic heterocycles. The Morgan fingerprint density at radius 1 is 1.29 bits per heavy atom. The maximum Gasteiger partial charge on any atom is 0.417 e. The minimum Gasteiger partial charge on any atom is -0.364 e. The lowest BCUT2D eigenvalue weighted by molar-refractivity contribution is -0.137. The second-order valence-corrected chi connectivity index (χ2v) is 5.94. The fraction of sp³-hybridized carbons (Fsp3) is 0.417. The molecule has 0 aliphatic carbocycles. The van der Waals surface area contributed by atoms with Crippen LogP contribution in [-0.4, -0.2) is 34.3 Å². The summed E-state index contributed by atoms with van der Waals surface area (Å²) in [6.45, 7) is 3.36. The monoisotopic (exact) mass is 315 g/mol. The number of rotatable bonds is 3. The fourth-order valence-corrected chi connectivity index (χ4v) is 2.70. The van der Waals surface area contributed by atoms with E-state index in [1.165, 1.54) is 17.4 Å². The van der Waals surface area contributed by atoms with Gasteiger partial charge >= 0.3 is 6.18 Å². The topological polar surface area (TPSA) is 53.9 Å². The first kappa shape index (κ1) is 14.1. The number of halogens is 3. The van der Waals surface area contributed by atoms with E-state index in [2.05, 4.69) is 25.4 Å². The van der Waals surface area contributed by atoms with Gasteiger partial charge in [0.1, 0.15) is 10.8 Å². The first-order chi connectivity index (χ1) is 9.91. The number of aromatic nitrogens is 3. The summed E-state index contributed by atoms with van der Waals surface area (Å²) in [6.07, 6.45) is -3.51. The molecular weight excluding hydrogens is 303 g/mol. The van der Waals surface area contributed by atoms with Crippen molar-refractivity contribution in [2.45, 2.75) is 19.1 Å². The van der Waals surface area contributed by atoms with Gasteiger partial charge in [0.25, 0.3) is 0 Å². The molecule has 1 N–H and O–H groups in total. The summed E-state index contributed by atoms with van der Waals surface area (Å²) < 4.78 is 37.3. The lowest BCUT2D eigenvalue weighted by atomic mass is 10.1. The second kappa shape index (κ2) is 5.14. The summed E-state index contributed by atoms with van der Waals surface area (Å²) in [5.41, 5.74) is -0.743. The summed E-state index contributed by atoms with van der Waals surface area (Å²) in [7, 11) is 0. The average Bonchev–Trinajstić information content (AvgIpc) is 2.79. The van der Waals surface area contributed by atoms with Gasteiger partial charge in [0.2, 0.25) is 5.13 Å². The highest BCUT2D eigenvalue weighted by atomic mass is 32.1. The molecule has 5 nitrogen and oxygen atoms in total. The van der Waals surface area contributed by atoms with Gasteiger partial charge in [0.05, 0.1) is 11.6 Å². The normalized spacial score (nSPS) is 15.9. The van der Waals surface area contributed by atoms with Crippen molar-refractivity contribution in [2.75, 3.05) is 23.3 Å². The molecule has 0 bridgehead atoms. The van der Waals surface area contributed by atoms with E-state index in [4.69, 9.17) is 0 Å². The van der Waals surface area contributed by atoms with Crippen molar-refractivity contribution in [2.24, 2.45) is 0 Å². The molecule has 0 atom stereocenters.